The van der Waals surface area contributed by atoms with Gasteiger partial charge in [-0.3, -0.25) is 0 Å². The molecule has 0 aliphatic heterocycles. The second kappa shape index (κ2) is 8.44. The van der Waals surface area contributed by atoms with E-state index in [-0.39, 0.29) is 0 Å². The van der Waals surface area contributed by atoms with Crippen LogP contribution in [0.15, 0.2) is 140 Å². The van der Waals surface area contributed by atoms with E-state index >= 15 is 0 Å². The average molecular weight is 502 g/mol. The van der Waals surface area contributed by atoms with Crippen LogP contribution in [0, 0.1) is 0 Å². The average Bonchev–Trinajstić information content (AvgIpc) is 3.34. The lowest BCUT2D eigenvalue weighted by Crippen LogP contribution is -2.09. The maximum Gasteiger partial charge on any atom is 0.0468 e. The van der Waals surface area contributed by atoms with Crippen LogP contribution in [0.1, 0.15) is 0 Å². The van der Waals surface area contributed by atoms with Gasteiger partial charge in [0.25, 0.3) is 0 Å². The van der Waals surface area contributed by atoms with E-state index in [1.165, 1.54) is 52.5 Å². The topological polar surface area (TPSA) is 3.24 Å². The first kappa shape index (κ1) is 21.4. The fraction of sp³-hybridized carbons (Fsp3) is 0. The van der Waals surface area contributed by atoms with Crippen LogP contribution in [0.2, 0.25) is 0 Å². The number of thiophene rings is 1. The molecule has 7 aromatic carbocycles. The van der Waals surface area contributed by atoms with E-state index in [0.717, 1.165) is 17.1 Å². The number of rotatable bonds is 3. The molecular weight excluding hydrogens is 478 g/mol. The quantitative estimate of drug-likeness (QED) is 0.218. The molecule has 2 heteroatoms. The van der Waals surface area contributed by atoms with Gasteiger partial charge in [-0.15, -0.1) is 11.3 Å². The summed E-state index contributed by atoms with van der Waals surface area (Å²) in [6, 6.07) is 50.7. The molecule has 0 aliphatic rings. The Morgan fingerprint density at radius 2 is 1.00 bits per heavy atom. The number of fused-ring (bicyclic) bond motifs is 8. The Balaban J connectivity index is 1.38. The van der Waals surface area contributed by atoms with Gasteiger partial charge in [0.1, 0.15) is 0 Å². The lowest BCUT2D eigenvalue weighted by atomic mass is 9.95. The largest absolute Gasteiger partial charge is 0.310 e. The van der Waals surface area contributed by atoms with E-state index < -0.39 is 0 Å². The fourth-order valence-electron chi connectivity index (χ4n) is 5.84. The Kier molecular flexibility index (Phi) is 4.76. The molecule has 0 amide bonds. The number of hydrogen-bond acceptors (Lipinski definition) is 2. The predicted octanol–water partition coefficient (Wildman–Crippen LogP) is 11.0. The lowest BCUT2D eigenvalue weighted by molar-refractivity contribution is 1.29. The molecule has 0 atom stereocenters. The highest BCUT2D eigenvalue weighted by Crippen LogP contribution is 2.41. The molecule has 0 spiro atoms. The molecule has 38 heavy (non-hydrogen) atoms. The van der Waals surface area contributed by atoms with Crippen LogP contribution in [0.4, 0.5) is 17.1 Å². The maximum atomic E-state index is 2.41. The monoisotopic (exact) mass is 501 g/mol. The van der Waals surface area contributed by atoms with Gasteiger partial charge in [-0.1, -0.05) is 84.9 Å². The molecule has 0 fully saturated rings. The first-order valence-electron chi connectivity index (χ1n) is 12.9. The molecule has 0 radical (unpaired) electrons. The van der Waals surface area contributed by atoms with Gasteiger partial charge in [-0.05, 0) is 86.9 Å². The van der Waals surface area contributed by atoms with Gasteiger partial charge >= 0.3 is 0 Å². The van der Waals surface area contributed by atoms with Crippen molar-refractivity contribution in [3.8, 4) is 0 Å². The molecule has 0 saturated heterocycles. The van der Waals surface area contributed by atoms with E-state index in [0.29, 0.717) is 0 Å². The maximum absolute atomic E-state index is 2.41. The van der Waals surface area contributed by atoms with E-state index in [2.05, 4.69) is 144 Å². The van der Waals surface area contributed by atoms with Crippen LogP contribution in [0.5, 0.6) is 0 Å². The highest BCUT2D eigenvalue weighted by Gasteiger charge is 2.14. The second-order valence-corrected chi connectivity index (χ2v) is 10.9. The summed E-state index contributed by atoms with van der Waals surface area (Å²) in [6.07, 6.45) is 0. The normalized spacial score (nSPS) is 11.7. The summed E-state index contributed by atoms with van der Waals surface area (Å²) >= 11 is 1.89. The van der Waals surface area contributed by atoms with Crippen LogP contribution >= 0.6 is 11.3 Å². The molecule has 0 saturated carbocycles. The first-order valence-corrected chi connectivity index (χ1v) is 13.8. The molecule has 0 unspecified atom stereocenters. The highest BCUT2D eigenvalue weighted by molar-refractivity contribution is 7.25. The van der Waals surface area contributed by atoms with Gasteiger partial charge in [-0.25, -0.2) is 0 Å². The summed E-state index contributed by atoms with van der Waals surface area (Å²) in [6.45, 7) is 0. The third-order valence-corrected chi connectivity index (χ3v) is 8.72. The van der Waals surface area contributed by atoms with Crippen LogP contribution < -0.4 is 4.90 Å². The van der Waals surface area contributed by atoms with Gasteiger partial charge < -0.3 is 4.90 Å². The molecule has 1 nitrogen and oxygen atoms in total. The van der Waals surface area contributed by atoms with E-state index in [9.17, 15) is 0 Å². The zero-order chi connectivity index (χ0) is 25.1. The summed E-state index contributed by atoms with van der Waals surface area (Å²) in [7, 11) is 0. The Labute approximate surface area is 224 Å². The minimum absolute atomic E-state index is 1.15. The van der Waals surface area contributed by atoms with Crippen molar-refractivity contribution in [2.75, 3.05) is 4.90 Å². The summed E-state index contributed by atoms with van der Waals surface area (Å²) < 4.78 is 2.69. The molecular formula is C36H23NS. The molecule has 0 N–H and O–H groups in total. The van der Waals surface area contributed by atoms with Gasteiger partial charge in [0, 0.05) is 37.2 Å². The summed E-state index contributed by atoms with van der Waals surface area (Å²) in [5.74, 6) is 0. The van der Waals surface area contributed by atoms with Crippen molar-refractivity contribution < 1.29 is 0 Å². The zero-order valence-corrected chi connectivity index (χ0v) is 21.5. The van der Waals surface area contributed by atoms with Crippen LogP contribution in [0.25, 0.3) is 52.5 Å². The second-order valence-electron chi connectivity index (χ2n) is 9.81. The summed E-state index contributed by atoms with van der Waals surface area (Å²) in [5.41, 5.74) is 3.45. The number of anilines is 3. The highest BCUT2D eigenvalue weighted by atomic mass is 32.1. The number of hydrogen-bond donors (Lipinski definition) is 0. The van der Waals surface area contributed by atoms with Crippen molar-refractivity contribution in [2.45, 2.75) is 0 Å². The van der Waals surface area contributed by atoms with Gasteiger partial charge in [-0.2, -0.15) is 0 Å². The molecule has 0 aliphatic carbocycles. The third kappa shape index (κ3) is 3.31. The number of nitrogens with zero attached hydrogens (tertiary/aromatic N) is 1. The number of benzene rings is 7. The van der Waals surface area contributed by atoms with Crippen molar-refractivity contribution in [1.29, 1.82) is 0 Å². The van der Waals surface area contributed by atoms with Crippen molar-refractivity contribution in [1.82, 2.24) is 0 Å². The Bertz CT molecular complexity index is 2090. The summed E-state index contributed by atoms with van der Waals surface area (Å²) in [5, 5.41) is 10.5. The van der Waals surface area contributed by atoms with Crippen LogP contribution in [0.3, 0.4) is 0 Å². The number of para-hydroxylation sites is 2. The molecule has 0 bridgehead atoms. The van der Waals surface area contributed by atoms with Gasteiger partial charge in [0.2, 0.25) is 0 Å². The lowest BCUT2D eigenvalue weighted by Gasteiger charge is -2.25. The van der Waals surface area contributed by atoms with E-state index in [1.54, 1.807) is 0 Å². The fourth-order valence-corrected chi connectivity index (χ4v) is 6.96. The molecule has 1 aromatic heterocycles. The molecule has 8 rings (SSSR count). The Morgan fingerprint density at radius 1 is 0.368 bits per heavy atom. The van der Waals surface area contributed by atoms with Crippen LogP contribution in [-0.4, -0.2) is 0 Å². The van der Waals surface area contributed by atoms with E-state index in [4.69, 9.17) is 0 Å². The van der Waals surface area contributed by atoms with Crippen LogP contribution in [-0.2, 0) is 0 Å². The summed E-state index contributed by atoms with van der Waals surface area (Å²) in [4.78, 5) is 2.33. The SMILES string of the molecule is c1ccc(N(c2ccccc2)c2ccc3c(ccc4ccc5cc6c(cc5c43)sc3ccccc36)c2)cc1. The van der Waals surface area contributed by atoms with Gasteiger partial charge in [0.15, 0.2) is 0 Å². The molecule has 178 valence electrons. The molecule has 1 heterocycles. The smallest absolute Gasteiger partial charge is 0.0468 e. The minimum atomic E-state index is 1.15. The zero-order valence-electron chi connectivity index (χ0n) is 20.6. The van der Waals surface area contributed by atoms with Crippen molar-refractivity contribution >= 4 is 80.9 Å². The van der Waals surface area contributed by atoms with Gasteiger partial charge in [0.05, 0.1) is 0 Å². The standard InChI is InChI=1S/C36H23NS/c1-3-9-27(10-4-1)37(28-11-5-2-6-12-28)29-19-20-30-25(21-29)17-15-24-16-18-26-22-33-31-13-7-8-14-34(31)38-35(33)23-32(26)36(24)30/h1-23H. The van der Waals surface area contributed by atoms with Crippen molar-refractivity contribution in [3.63, 3.8) is 0 Å². The molecule has 8 aromatic rings. The Hall–Kier alpha value is -4.66. The minimum Gasteiger partial charge on any atom is -0.310 e. The third-order valence-electron chi connectivity index (χ3n) is 7.58. The van der Waals surface area contributed by atoms with E-state index in [1.807, 2.05) is 11.3 Å². The Morgan fingerprint density at radius 3 is 1.74 bits per heavy atom. The van der Waals surface area contributed by atoms with Crippen molar-refractivity contribution in [3.05, 3.63) is 140 Å². The predicted molar refractivity (Wildman–Crippen MR) is 167 cm³/mol. The van der Waals surface area contributed by atoms with Crippen molar-refractivity contribution in [2.24, 2.45) is 0 Å². The first-order chi connectivity index (χ1) is 18.8.